The molecule has 0 aliphatic carbocycles. The van der Waals surface area contributed by atoms with Crippen molar-refractivity contribution in [2.24, 2.45) is 0 Å². The number of hydrogen-bond acceptors (Lipinski definition) is 4. The Morgan fingerprint density at radius 3 is 1.11 bits per heavy atom. The number of ketones is 2. The largest absolute Gasteiger partial charge is 1.00 e. The monoisotopic (exact) mass is 652 g/mol. The summed E-state index contributed by atoms with van der Waals surface area (Å²) in [4.78, 5) is 47.9. The summed E-state index contributed by atoms with van der Waals surface area (Å²) in [5, 5.41) is 0. The Kier molecular flexibility index (Phi) is 15.3. The normalized spacial score (nSPS) is 11.2. The van der Waals surface area contributed by atoms with Crippen LogP contribution in [0.15, 0.2) is 48.5 Å². The zero-order chi connectivity index (χ0) is 26.9. The number of Topliss-reactive ketones (excluding diaryl/α,β-unsaturated/α-hetero) is 2. The molecule has 0 saturated heterocycles. The van der Waals surface area contributed by atoms with E-state index in [1.54, 1.807) is 13.8 Å². The lowest BCUT2D eigenvalue weighted by Crippen LogP contribution is -3.00. The number of likely N-dealkylation sites (N-methyl/N-ethyl adjacent to an activating group) is 2. The van der Waals surface area contributed by atoms with E-state index in [9.17, 15) is 19.2 Å². The number of carbonyl (C=O) groups excluding carboxylic acids is 4. The van der Waals surface area contributed by atoms with Crippen LogP contribution in [0.1, 0.15) is 50.7 Å². The molecule has 8 heteroatoms. The van der Waals surface area contributed by atoms with Crippen molar-refractivity contribution in [1.29, 1.82) is 0 Å². The molecule has 0 unspecified atom stereocenters. The molecule has 0 atom stereocenters. The van der Waals surface area contributed by atoms with Gasteiger partial charge in [-0.15, -0.1) is 0 Å². The van der Waals surface area contributed by atoms with E-state index in [2.05, 4.69) is 0 Å². The van der Waals surface area contributed by atoms with Gasteiger partial charge in [-0.05, 0) is 36.1 Å². The number of rotatable bonds is 13. The number of nitrogens with zero attached hydrogens (tertiary/aromatic N) is 2. The summed E-state index contributed by atoms with van der Waals surface area (Å²) in [6.45, 7) is 4.47. The number of halogens is 2. The Hall–Kier alpha value is -2.00. The first-order valence-electron chi connectivity index (χ1n) is 12.7. The predicted molar refractivity (Wildman–Crippen MR) is 143 cm³/mol. The van der Waals surface area contributed by atoms with Crippen LogP contribution >= 0.6 is 0 Å². The molecule has 0 fully saturated rings. The van der Waals surface area contributed by atoms with E-state index in [0.29, 0.717) is 51.6 Å². The van der Waals surface area contributed by atoms with Crippen LogP contribution in [0.2, 0.25) is 0 Å². The molecule has 0 N–H and O–H groups in total. The highest BCUT2D eigenvalue weighted by Gasteiger charge is 2.27. The van der Waals surface area contributed by atoms with Gasteiger partial charge in [0.1, 0.15) is 11.6 Å². The van der Waals surface area contributed by atoms with Gasteiger partial charge in [-0.3, -0.25) is 8.97 Å². The van der Waals surface area contributed by atoms with E-state index in [1.165, 1.54) is 0 Å². The van der Waals surface area contributed by atoms with Crippen molar-refractivity contribution in [1.82, 2.24) is 0 Å². The summed E-state index contributed by atoms with van der Waals surface area (Å²) in [7, 11) is 7.59. The highest BCUT2D eigenvalue weighted by molar-refractivity contribution is 5.76. The highest BCUT2D eigenvalue weighted by atomic mass is 79.9. The molecule has 0 aromatic heterocycles. The van der Waals surface area contributed by atoms with Crippen molar-refractivity contribution in [3.05, 3.63) is 59.7 Å². The van der Waals surface area contributed by atoms with Gasteiger partial charge in [-0.25, -0.2) is 9.59 Å². The van der Waals surface area contributed by atoms with E-state index in [0.717, 1.165) is 22.3 Å². The van der Waals surface area contributed by atoms with Crippen LogP contribution in [0.4, 0.5) is 0 Å². The first kappa shape index (κ1) is 36.0. The molecule has 2 amide bonds. The minimum atomic E-state index is 0. The number of benzene rings is 2. The van der Waals surface area contributed by atoms with Crippen LogP contribution in [-0.2, 0) is 32.0 Å². The van der Waals surface area contributed by atoms with Gasteiger partial charge in [-0.1, -0.05) is 48.5 Å². The molecular formula is C30H42Br2N2O4. The maximum Gasteiger partial charge on any atom is 0.317 e. The molecule has 2 rings (SSSR count). The van der Waals surface area contributed by atoms with Gasteiger partial charge in [0.15, 0.2) is 0 Å². The topological polar surface area (TPSA) is 68.3 Å². The molecule has 0 aliphatic rings. The Bertz CT molecular complexity index is 991. The summed E-state index contributed by atoms with van der Waals surface area (Å²) < 4.78 is 0.531. The number of quaternary nitrogens is 2. The molecule has 0 spiro atoms. The summed E-state index contributed by atoms with van der Waals surface area (Å²) in [6.07, 6.45) is 3.16. The number of hydrogen-bond donors (Lipinski definition) is 0. The Morgan fingerprint density at radius 1 is 0.553 bits per heavy atom. The first-order chi connectivity index (χ1) is 16.8. The fourth-order valence-electron chi connectivity index (χ4n) is 4.10. The third-order valence-corrected chi connectivity index (χ3v) is 6.79. The molecule has 0 radical (unpaired) electrons. The lowest BCUT2D eigenvalue weighted by atomic mass is 10.00. The minimum absolute atomic E-state index is 0. The van der Waals surface area contributed by atoms with E-state index in [-0.39, 0.29) is 66.3 Å². The van der Waals surface area contributed by atoms with Gasteiger partial charge in [0.2, 0.25) is 0 Å². The third kappa shape index (κ3) is 11.8. The molecule has 2 aromatic carbocycles. The van der Waals surface area contributed by atoms with Gasteiger partial charge in [-0.2, -0.15) is 0 Å². The summed E-state index contributed by atoms with van der Waals surface area (Å²) in [5.74, 6) is 0.564. The molecule has 2 aromatic rings. The van der Waals surface area contributed by atoms with Crippen LogP contribution in [-0.4, -0.2) is 73.6 Å². The summed E-state index contributed by atoms with van der Waals surface area (Å²) >= 11 is 0. The zero-order valence-electron chi connectivity index (χ0n) is 23.6. The highest BCUT2D eigenvalue weighted by Crippen LogP contribution is 2.22. The van der Waals surface area contributed by atoms with Gasteiger partial charge in [0.05, 0.1) is 54.1 Å². The minimum Gasteiger partial charge on any atom is -1.00 e. The quantitative estimate of drug-likeness (QED) is 0.244. The fraction of sp³-hybridized carbons (Fsp3) is 0.467. The average molecular weight is 654 g/mol. The van der Waals surface area contributed by atoms with Gasteiger partial charge in [0.25, 0.3) is 0 Å². The summed E-state index contributed by atoms with van der Waals surface area (Å²) in [5.41, 5.74) is 4.04. The van der Waals surface area contributed by atoms with Gasteiger partial charge in [0, 0.05) is 25.7 Å². The predicted octanol–water partition coefficient (Wildman–Crippen LogP) is -1.61. The number of amides is 2. The smallest absolute Gasteiger partial charge is 0.317 e. The van der Waals surface area contributed by atoms with Crippen molar-refractivity contribution in [2.45, 2.75) is 52.4 Å². The van der Waals surface area contributed by atoms with Gasteiger partial charge < -0.3 is 43.6 Å². The van der Waals surface area contributed by atoms with Crippen LogP contribution in [0, 0.1) is 0 Å². The maximum atomic E-state index is 12.8. The van der Waals surface area contributed by atoms with Crippen molar-refractivity contribution in [2.75, 3.05) is 41.3 Å². The first-order valence-corrected chi connectivity index (χ1v) is 12.7. The number of carbonyl (C=O) groups is 4. The molecular weight excluding hydrogens is 612 g/mol. The van der Waals surface area contributed by atoms with Crippen molar-refractivity contribution in [3.63, 3.8) is 0 Å². The van der Waals surface area contributed by atoms with E-state index in [1.807, 2.05) is 76.7 Å². The van der Waals surface area contributed by atoms with Crippen molar-refractivity contribution < 1.29 is 62.1 Å². The van der Waals surface area contributed by atoms with E-state index < -0.39 is 0 Å². The second kappa shape index (κ2) is 16.2. The Labute approximate surface area is 249 Å². The SMILES string of the molecule is CC(=O)CCC[N+](C)(C)C(=O)Cc1ccc(-c2ccc(CC(=O)[N+](C)(C)CCCC(C)=O)cc2)cc1.[Br-].[Br-]. The third-order valence-electron chi connectivity index (χ3n) is 6.79. The lowest BCUT2D eigenvalue weighted by Gasteiger charge is -2.27. The second-order valence-corrected chi connectivity index (χ2v) is 11.0. The second-order valence-electron chi connectivity index (χ2n) is 11.0. The fourth-order valence-corrected chi connectivity index (χ4v) is 4.10. The summed E-state index contributed by atoms with van der Waals surface area (Å²) in [6, 6.07) is 16.0. The lowest BCUT2D eigenvalue weighted by molar-refractivity contribution is -0.814. The van der Waals surface area contributed by atoms with Crippen molar-refractivity contribution in [3.8, 4) is 11.1 Å². The molecule has 6 nitrogen and oxygen atoms in total. The molecule has 0 saturated carbocycles. The molecule has 210 valence electrons. The van der Waals surface area contributed by atoms with Crippen LogP contribution in [0.5, 0.6) is 0 Å². The van der Waals surface area contributed by atoms with Gasteiger partial charge >= 0.3 is 11.8 Å². The zero-order valence-corrected chi connectivity index (χ0v) is 26.7. The Balaban J connectivity index is 0.00000684. The van der Waals surface area contributed by atoms with Crippen molar-refractivity contribution >= 4 is 23.4 Å². The maximum absolute atomic E-state index is 12.8. The van der Waals surface area contributed by atoms with Crippen LogP contribution < -0.4 is 34.0 Å². The van der Waals surface area contributed by atoms with Crippen LogP contribution in [0.3, 0.4) is 0 Å². The van der Waals surface area contributed by atoms with Crippen LogP contribution in [0.25, 0.3) is 11.1 Å². The standard InChI is InChI=1S/C30H42N2O4.2BrH/c1-23(33)9-7-19-31(3,4)29(35)21-25-11-15-27(16-12-25)28-17-13-26(14-18-28)22-30(36)32(5,6)20-8-10-24(2)34;;/h11-18H,7-10,19-22H2,1-6H3;2*1H/q+2;;/p-2. The molecule has 0 heterocycles. The molecule has 0 aliphatic heterocycles. The molecule has 0 bridgehead atoms. The van der Waals surface area contributed by atoms with E-state index in [4.69, 9.17) is 0 Å². The Morgan fingerprint density at radius 2 is 0.842 bits per heavy atom. The molecule has 38 heavy (non-hydrogen) atoms. The van der Waals surface area contributed by atoms with E-state index >= 15 is 0 Å². The average Bonchev–Trinajstić information content (AvgIpc) is 2.79.